The van der Waals surface area contributed by atoms with Crippen LogP contribution in [0.1, 0.15) is 5.82 Å². The third-order valence-corrected chi connectivity index (χ3v) is 3.50. The fourth-order valence-electron chi connectivity index (χ4n) is 1.16. The topological polar surface area (TPSA) is 76.7 Å². The number of nitrogens with zero attached hydrogens (tertiary/aromatic N) is 4. The zero-order valence-corrected chi connectivity index (χ0v) is 8.77. The average molecular weight is 224 g/mol. The van der Waals surface area contributed by atoms with E-state index in [2.05, 4.69) is 21.5 Å². The summed E-state index contributed by atoms with van der Waals surface area (Å²) in [5.74, 6) is 0.565. The lowest BCUT2D eigenvalue weighted by molar-refractivity contribution is 0.598. The quantitative estimate of drug-likeness (QED) is 0.689. The number of rotatable bonds is 1. The van der Waals surface area contributed by atoms with Crippen LogP contribution in [0.5, 0.6) is 0 Å². The van der Waals surface area contributed by atoms with Crippen LogP contribution in [0.3, 0.4) is 0 Å². The van der Waals surface area contributed by atoms with Crippen molar-refractivity contribution in [3.63, 3.8) is 0 Å². The van der Waals surface area contributed by atoms with Crippen molar-refractivity contribution in [1.82, 2.24) is 8.96 Å². The van der Waals surface area contributed by atoms with Crippen LogP contribution in [0.4, 0.5) is 0 Å². The van der Waals surface area contributed by atoms with Gasteiger partial charge in [-0.1, -0.05) is 6.58 Å². The SMILES string of the molecule is C=C1N=CC(S(=O)(=O)n2ccnc2C)=N1. The maximum absolute atomic E-state index is 11.9. The van der Waals surface area contributed by atoms with E-state index in [9.17, 15) is 8.42 Å². The normalized spacial score (nSPS) is 15.8. The number of aliphatic imine (C=N–C) groups is 2. The van der Waals surface area contributed by atoms with E-state index in [0.717, 1.165) is 3.97 Å². The van der Waals surface area contributed by atoms with Gasteiger partial charge in [-0.15, -0.1) is 0 Å². The van der Waals surface area contributed by atoms with Crippen molar-refractivity contribution in [3.8, 4) is 0 Å². The van der Waals surface area contributed by atoms with Gasteiger partial charge in [0.05, 0.1) is 6.21 Å². The van der Waals surface area contributed by atoms with Gasteiger partial charge in [0.2, 0.25) is 0 Å². The van der Waals surface area contributed by atoms with Gasteiger partial charge in [-0.05, 0) is 6.92 Å². The minimum absolute atomic E-state index is 0.117. The van der Waals surface area contributed by atoms with Crippen molar-refractivity contribution in [2.24, 2.45) is 9.98 Å². The maximum Gasteiger partial charge on any atom is 0.288 e. The van der Waals surface area contributed by atoms with Gasteiger partial charge in [-0.25, -0.2) is 18.9 Å². The molecule has 2 heterocycles. The first-order valence-electron chi connectivity index (χ1n) is 4.09. The molecule has 1 aromatic heterocycles. The van der Waals surface area contributed by atoms with Crippen LogP contribution in [0, 0.1) is 6.92 Å². The summed E-state index contributed by atoms with van der Waals surface area (Å²) in [6.07, 6.45) is 3.95. The Bertz CT molecular complexity index is 580. The second-order valence-electron chi connectivity index (χ2n) is 2.90. The van der Waals surface area contributed by atoms with Gasteiger partial charge in [-0.3, -0.25) is 0 Å². The lowest BCUT2D eigenvalue weighted by Gasteiger charge is -2.03. The molecule has 0 N–H and O–H groups in total. The zero-order chi connectivity index (χ0) is 11.1. The van der Waals surface area contributed by atoms with Crippen LogP contribution in [-0.2, 0) is 10.0 Å². The largest absolute Gasteiger partial charge is 0.288 e. The van der Waals surface area contributed by atoms with Crippen LogP contribution in [0.25, 0.3) is 0 Å². The van der Waals surface area contributed by atoms with Crippen molar-refractivity contribution in [1.29, 1.82) is 0 Å². The molecule has 0 saturated heterocycles. The van der Waals surface area contributed by atoms with E-state index in [1.165, 1.54) is 18.6 Å². The van der Waals surface area contributed by atoms with E-state index in [-0.39, 0.29) is 10.9 Å². The first-order valence-corrected chi connectivity index (χ1v) is 5.53. The fraction of sp³-hybridized carbons (Fsp3) is 0.125. The molecule has 0 bridgehead atoms. The molecule has 0 spiro atoms. The Morgan fingerprint density at radius 3 is 2.67 bits per heavy atom. The Kier molecular flexibility index (Phi) is 2.04. The highest BCUT2D eigenvalue weighted by molar-refractivity contribution is 8.06. The highest BCUT2D eigenvalue weighted by atomic mass is 32.2. The van der Waals surface area contributed by atoms with Crippen molar-refractivity contribution >= 4 is 21.3 Å². The Morgan fingerprint density at radius 1 is 1.47 bits per heavy atom. The molecule has 78 valence electrons. The summed E-state index contributed by atoms with van der Waals surface area (Å²) in [6, 6.07) is 0. The van der Waals surface area contributed by atoms with Gasteiger partial charge in [-0.2, -0.15) is 8.42 Å². The van der Waals surface area contributed by atoms with E-state index < -0.39 is 10.0 Å². The van der Waals surface area contributed by atoms with Crippen LogP contribution in [-0.4, -0.2) is 28.6 Å². The fourth-order valence-corrected chi connectivity index (χ4v) is 2.38. The number of aryl methyl sites for hydroxylation is 1. The molecule has 2 rings (SSSR count). The van der Waals surface area contributed by atoms with Gasteiger partial charge in [0.15, 0.2) is 5.04 Å². The summed E-state index contributed by atoms with van der Waals surface area (Å²) in [5, 5.41) is -0.117. The first-order chi connectivity index (χ1) is 7.01. The first kappa shape index (κ1) is 9.78. The lowest BCUT2D eigenvalue weighted by Crippen LogP contribution is -2.23. The van der Waals surface area contributed by atoms with Gasteiger partial charge in [0.25, 0.3) is 10.0 Å². The van der Waals surface area contributed by atoms with Crippen LogP contribution in [0.2, 0.25) is 0 Å². The van der Waals surface area contributed by atoms with E-state index in [1.807, 2.05) is 0 Å². The minimum Gasteiger partial charge on any atom is -0.241 e. The second kappa shape index (κ2) is 3.13. The third kappa shape index (κ3) is 1.50. The Labute approximate surface area is 86.8 Å². The number of aromatic nitrogens is 2. The highest BCUT2D eigenvalue weighted by Gasteiger charge is 2.24. The monoisotopic (exact) mass is 224 g/mol. The predicted octanol–water partition coefficient (Wildman–Crippen LogP) is 0.324. The zero-order valence-electron chi connectivity index (χ0n) is 7.95. The number of hydrogen-bond donors (Lipinski definition) is 0. The molecule has 0 saturated carbocycles. The Hall–Kier alpha value is -1.76. The van der Waals surface area contributed by atoms with Gasteiger partial charge in [0, 0.05) is 12.4 Å². The van der Waals surface area contributed by atoms with Gasteiger partial charge >= 0.3 is 0 Å². The van der Waals surface area contributed by atoms with E-state index >= 15 is 0 Å². The molecular weight excluding hydrogens is 216 g/mol. The smallest absolute Gasteiger partial charge is 0.241 e. The summed E-state index contributed by atoms with van der Waals surface area (Å²) in [4.78, 5) is 11.2. The summed E-state index contributed by atoms with van der Waals surface area (Å²) in [7, 11) is -3.66. The van der Waals surface area contributed by atoms with Crippen molar-refractivity contribution < 1.29 is 8.42 Å². The molecule has 0 amide bonds. The Morgan fingerprint density at radius 2 is 2.20 bits per heavy atom. The molecule has 1 aliphatic rings. The van der Waals surface area contributed by atoms with E-state index in [1.54, 1.807) is 6.92 Å². The van der Waals surface area contributed by atoms with Crippen molar-refractivity contribution in [2.45, 2.75) is 6.92 Å². The summed E-state index contributed by atoms with van der Waals surface area (Å²) in [5.41, 5.74) is 0. The van der Waals surface area contributed by atoms with E-state index in [0.29, 0.717) is 5.82 Å². The molecule has 6 nitrogen and oxygen atoms in total. The second-order valence-corrected chi connectivity index (χ2v) is 4.66. The summed E-state index contributed by atoms with van der Waals surface area (Å²) >= 11 is 0. The van der Waals surface area contributed by atoms with Crippen LogP contribution < -0.4 is 0 Å². The molecule has 0 aliphatic carbocycles. The minimum atomic E-state index is -3.66. The van der Waals surface area contributed by atoms with Crippen molar-refractivity contribution in [3.05, 3.63) is 30.6 Å². The molecule has 0 radical (unpaired) electrons. The predicted molar refractivity (Wildman–Crippen MR) is 56.3 cm³/mol. The molecule has 1 aliphatic heterocycles. The lowest BCUT2D eigenvalue weighted by atomic mass is 10.8. The standard InChI is InChI=1S/C8H8N4O2S/c1-6-10-5-8(11-6)15(13,14)12-4-3-9-7(12)2/h3-5H,1H2,2H3. The van der Waals surface area contributed by atoms with E-state index in [4.69, 9.17) is 0 Å². The summed E-state index contributed by atoms with van der Waals surface area (Å²) < 4.78 is 24.9. The van der Waals surface area contributed by atoms with Gasteiger partial charge in [0.1, 0.15) is 11.6 Å². The molecule has 0 fully saturated rings. The molecule has 7 heteroatoms. The van der Waals surface area contributed by atoms with Gasteiger partial charge < -0.3 is 0 Å². The third-order valence-electron chi connectivity index (χ3n) is 1.87. The average Bonchev–Trinajstić information content (AvgIpc) is 2.74. The van der Waals surface area contributed by atoms with Crippen molar-refractivity contribution in [2.75, 3.05) is 0 Å². The molecule has 0 aromatic carbocycles. The summed E-state index contributed by atoms with van der Waals surface area (Å²) in [6.45, 7) is 5.04. The number of hydrogen-bond acceptors (Lipinski definition) is 5. The molecule has 1 aromatic rings. The Balaban J connectivity index is 2.55. The van der Waals surface area contributed by atoms with Crippen LogP contribution >= 0.6 is 0 Å². The molecule has 0 atom stereocenters. The molecular formula is C8H8N4O2S. The van der Waals surface area contributed by atoms with Crippen LogP contribution in [0.15, 0.2) is 34.8 Å². The molecule has 15 heavy (non-hydrogen) atoms. The maximum atomic E-state index is 11.9. The molecule has 0 unspecified atom stereocenters. The highest BCUT2D eigenvalue weighted by Crippen LogP contribution is 2.10. The number of imidazole rings is 1.